The molecular weight excluding hydrogens is 176 g/mol. The molecule has 1 heterocycles. The molecule has 0 aliphatic rings. The molecule has 0 aliphatic carbocycles. The molecule has 0 radical (unpaired) electrons. The summed E-state index contributed by atoms with van der Waals surface area (Å²) >= 11 is 0. The molecule has 1 aromatic heterocycles. The van der Waals surface area contributed by atoms with Crippen molar-refractivity contribution in [3.63, 3.8) is 0 Å². The molecular formula is C11H12N2O. The highest BCUT2D eigenvalue weighted by Gasteiger charge is 2.07. The van der Waals surface area contributed by atoms with Crippen LogP contribution in [0.15, 0.2) is 30.3 Å². The first-order valence-corrected chi connectivity index (χ1v) is 4.57. The first kappa shape index (κ1) is 8.97. The Morgan fingerprint density at radius 3 is 2.93 bits per heavy atom. The van der Waals surface area contributed by atoms with Gasteiger partial charge in [-0.05, 0) is 19.2 Å². The summed E-state index contributed by atoms with van der Waals surface area (Å²) in [6.45, 7) is 0.368. The van der Waals surface area contributed by atoms with Crippen molar-refractivity contribution in [2.45, 2.75) is 0 Å². The van der Waals surface area contributed by atoms with Crippen molar-refractivity contribution in [3.8, 4) is 0 Å². The Labute approximate surface area is 82.1 Å². The number of benzene rings is 1. The van der Waals surface area contributed by atoms with Gasteiger partial charge in [-0.3, -0.25) is 4.79 Å². The average Bonchev–Trinajstić information content (AvgIpc) is 2.61. The first-order valence-electron chi connectivity index (χ1n) is 4.57. The topological polar surface area (TPSA) is 44.9 Å². The van der Waals surface area contributed by atoms with E-state index in [4.69, 9.17) is 0 Å². The predicted molar refractivity (Wildman–Crippen MR) is 56.6 cm³/mol. The monoisotopic (exact) mass is 188 g/mol. The number of hydrogen-bond donors (Lipinski definition) is 2. The second-order valence-corrected chi connectivity index (χ2v) is 3.22. The number of carbonyl (C=O) groups is 1. The van der Waals surface area contributed by atoms with Crippen molar-refractivity contribution in [1.82, 2.24) is 10.3 Å². The zero-order valence-electron chi connectivity index (χ0n) is 8.00. The third-order valence-corrected chi connectivity index (χ3v) is 2.17. The van der Waals surface area contributed by atoms with Crippen LogP contribution >= 0.6 is 0 Å². The minimum Gasteiger partial charge on any atom is -0.352 e. The van der Waals surface area contributed by atoms with Crippen molar-refractivity contribution < 1.29 is 4.79 Å². The van der Waals surface area contributed by atoms with Crippen molar-refractivity contribution in [2.75, 3.05) is 13.6 Å². The van der Waals surface area contributed by atoms with Crippen molar-refractivity contribution >= 4 is 16.7 Å². The molecule has 0 saturated carbocycles. The maximum atomic E-state index is 11.5. The Kier molecular flexibility index (Phi) is 2.33. The lowest BCUT2D eigenvalue weighted by molar-refractivity contribution is 0.0989. The van der Waals surface area contributed by atoms with E-state index in [1.54, 1.807) is 7.05 Å². The number of H-pyrrole nitrogens is 1. The van der Waals surface area contributed by atoms with E-state index in [-0.39, 0.29) is 5.78 Å². The molecule has 0 unspecified atom stereocenters. The third kappa shape index (κ3) is 1.54. The standard InChI is InChI=1S/C11H12N2O/c1-12-7-11(14)10-6-8-4-2-3-5-9(8)13-10/h2-6,12-13H,7H2,1H3. The fourth-order valence-electron chi connectivity index (χ4n) is 1.48. The number of para-hydroxylation sites is 1. The summed E-state index contributed by atoms with van der Waals surface area (Å²) in [5.74, 6) is 0.0868. The van der Waals surface area contributed by atoms with E-state index >= 15 is 0 Å². The summed E-state index contributed by atoms with van der Waals surface area (Å²) in [6.07, 6.45) is 0. The van der Waals surface area contributed by atoms with Gasteiger partial charge in [0, 0.05) is 10.9 Å². The van der Waals surface area contributed by atoms with Crippen LogP contribution in [0.25, 0.3) is 10.9 Å². The van der Waals surface area contributed by atoms with Crippen molar-refractivity contribution in [1.29, 1.82) is 0 Å². The van der Waals surface area contributed by atoms with E-state index in [1.165, 1.54) is 0 Å². The SMILES string of the molecule is CNCC(=O)c1cc2ccccc2[nH]1. The number of rotatable bonds is 3. The minimum absolute atomic E-state index is 0.0868. The summed E-state index contributed by atoms with van der Waals surface area (Å²) in [4.78, 5) is 14.6. The van der Waals surface area contributed by atoms with Crippen LogP contribution in [0.5, 0.6) is 0 Å². The van der Waals surface area contributed by atoms with Crippen LogP contribution in [0.2, 0.25) is 0 Å². The second-order valence-electron chi connectivity index (χ2n) is 3.22. The number of likely N-dealkylation sites (N-methyl/N-ethyl adjacent to an activating group) is 1. The molecule has 0 amide bonds. The fraction of sp³-hybridized carbons (Fsp3) is 0.182. The van der Waals surface area contributed by atoms with Crippen LogP contribution in [0.4, 0.5) is 0 Å². The second kappa shape index (κ2) is 3.64. The summed E-state index contributed by atoms with van der Waals surface area (Å²) in [7, 11) is 1.76. The number of ketones is 1. The molecule has 3 nitrogen and oxygen atoms in total. The summed E-state index contributed by atoms with van der Waals surface area (Å²) in [5, 5.41) is 3.92. The van der Waals surface area contributed by atoms with Gasteiger partial charge < -0.3 is 10.3 Å². The van der Waals surface area contributed by atoms with E-state index in [0.717, 1.165) is 10.9 Å². The number of carbonyl (C=O) groups excluding carboxylic acids is 1. The van der Waals surface area contributed by atoms with E-state index < -0.39 is 0 Å². The summed E-state index contributed by atoms with van der Waals surface area (Å²) in [5.41, 5.74) is 1.67. The average molecular weight is 188 g/mol. The molecule has 0 spiro atoms. The number of aromatic nitrogens is 1. The Balaban J connectivity index is 2.40. The van der Waals surface area contributed by atoms with Gasteiger partial charge in [-0.15, -0.1) is 0 Å². The largest absolute Gasteiger partial charge is 0.352 e. The van der Waals surface area contributed by atoms with E-state index in [1.807, 2.05) is 30.3 Å². The predicted octanol–water partition coefficient (Wildman–Crippen LogP) is 1.57. The highest BCUT2D eigenvalue weighted by Crippen LogP contribution is 2.14. The molecule has 2 N–H and O–H groups in total. The Hall–Kier alpha value is -1.61. The van der Waals surface area contributed by atoms with Gasteiger partial charge in [0.25, 0.3) is 0 Å². The molecule has 0 bridgehead atoms. The highest BCUT2D eigenvalue weighted by atomic mass is 16.1. The molecule has 0 atom stereocenters. The van der Waals surface area contributed by atoms with Gasteiger partial charge in [0.2, 0.25) is 0 Å². The van der Waals surface area contributed by atoms with Crippen LogP contribution in [0, 0.1) is 0 Å². The van der Waals surface area contributed by atoms with Crippen LogP contribution < -0.4 is 5.32 Å². The van der Waals surface area contributed by atoms with Gasteiger partial charge in [0.1, 0.15) is 0 Å². The third-order valence-electron chi connectivity index (χ3n) is 2.17. The molecule has 0 aliphatic heterocycles. The number of Topliss-reactive ketones (excluding diaryl/α,β-unsaturated/α-hetero) is 1. The van der Waals surface area contributed by atoms with Gasteiger partial charge in [-0.25, -0.2) is 0 Å². The van der Waals surface area contributed by atoms with Crippen LogP contribution in [-0.4, -0.2) is 24.4 Å². The minimum atomic E-state index is 0.0868. The maximum absolute atomic E-state index is 11.5. The molecule has 14 heavy (non-hydrogen) atoms. The Morgan fingerprint density at radius 1 is 1.43 bits per heavy atom. The Morgan fingerprint density at radius 2 is 2.21 bits per heavy atom. The first-order chi connectivity index (χ1) is 6.81. The lowest BCUT2D eigenvalue weighted by Crippen LogP contribution is -2.18. The van der Waals surface area contributed by atoms with Crippen LogP contribution in [-0.2, 0) is 0 Å². The van der Waals surface area contributed by atoms with Crippen LogP contribution in [0.1, 0.15) is 10.5 Å². The van der Waals surface area contributed by atoms with Crippen molar-refractivity contribution in [3.05, 3.63) is 36.0 Å². The molecule has 72 valence electrons. The molecule has 0 fully saturated rings. The lowest BCUT2D eigenvalue weighted by Gasteiger charge is -1.94. The normalized spacial score (nSPS) is 10.6. The van der Waals surface area contributed by atoms with Gasteiger partial charge in [0.15, 0.2) is 5.78 Å². The quantitative estimate of drug-likeness (QED) is 0.718. The maximum Gasteiger partial charge on any atom is 0.192 e. The molecule has 2 aromatic rings. The summed E-state index contributed by atoms with van der Waals surface area (Å²) < 4.78 is 0. The fourth-order valence-corrected chi connectivity index (χ4v) is 1.48. The van der Waals surface area contributed by atoms with Gasteiger partial charge in [-0.2, -0.15) is 0 Å². The number of fused-ring (bicyclic) bond motifs is 1. The molecule has 0 saturated heterocycles. The van der Waals surface area contributed by atoms with E-state index in [2.05, 4.69) is 10.3 Å². The highest BCUT2D eigenvalue weighted by molar-refractivity contribution is 6.00. The van der Waals surface area contributed by atoms with Gasteiger partial charge in [0.05, 0.1) is 12.2 Å². The van der Waals surface area contributed by atoms with E-state index in [9.17, 15) is 4.79 Å². The van der Waals surface area contributed by atoms with Gasteiger partial charge >= 0.3 is 0 Å². The number of nitrogens with one attached hydrogen (secondary N) is 2. The molecule has 2 rings (SSSR count). The Bertz CT molecular complexity index is 426. The lowest BCUT2D eigenvalue weighted by atomic mass is 10.2. The van der Waals surface area contributed by atoms with E-state index in [0.29, 0.717) is 12.2 Å². The molecule has 3 heteroatoms. The van der Waals surface area contributed by atoms with Crippen molar-refractivity contribution in [2.24, 2.45) is 0 Å². The van der Waals surface area contributed by atoms with Gasteiger partial charge in [-0.1, -0.05) is 18.2 Å². The van der Waals surface area contributed by atoms with Crippen LogP contribution in [0.3, 0.4) is 0 Å². The zero-order valence-corrected chi connectivity index (χ0v) is 8.00. The summed E-state index contributed by atoms with van der Waals surface area (Å²) in [6, 6.07) is 9.75. The zero-order chi connectivity index (χ0) is 9.97. The number of aromatic amines is 1. The smallest absolute Gasteiger partial charge is 0.192 e. The number of hydrogen-bond acceptors (Lipinski definition) is 2. The molecule has 1 aromatic carbocycles.